The van der Waals surface area contributed by atoms with Crippen molar-refractivity contribution in [2.75, 3.05) is 81.9 Å². The molecule has 3 fully saturated rings. The molecule has 0 amide bonds. The number of anilines is 3. The lowest BCUT2D eigenvalue weighted by molar-refractivity contribution is -0.894. The number of ether oxygens (including phenoxy) is 2. The summed E-state index contributed by atoms with van der Waals surface area (Å²) in [5.74, 6) is 0.992. The molecule has 10 atom stereocenters. The molecule has 4 aromatic rings. The number of aromatic nitrogens is 7. The van der Waals surface area contributed by atoms with Gasteiger partial charge in [0.15, 0.2) is 40.6 Å². The lowest BCUT2D eigenvalue weighted by Crippen LogP contribution is -3.11. The van der Waals surface area contributed by atoms with E-state index in [0.717, 1.165) is 30.3 Å². The van der Waals surface area contributed by atoms with Crippen LogP contribution in [-0.4, -0.2) is 158 Å². The van der Waals surface area contributed by atoms with Crippen LogP contribution in [0, 0.1) is 0 Å². The van der Waals surface area contributed by atoms with Gasteiger partial charge < -0.3 is 90.0 Å². The van der Waals surface area contributed by atoms with Crippen molar-refractivity contribution in [1.29, 1.82) is 0 Å². The molecule has 81 heavy (non-hydrogen) atoms. The Kier molecular flexibility index (Phi) is 22.8. The standard InChI is InChI=1S/C40H67N11O10P2S2Si2.2C6H15N/c1-38(2,3)66(9,10)60-28-24-18-55-62(52,64)58-27-23(56-36(30(27)61-67(11,12)39(4,5)6)50-16-22-14-13-15-43-32-25(22)33(50)46-20-45-32)17-54-63(53,65)59-29(28)35(57-24)51-21-47-26-31(41)48-37(49-34(26)51)44-19-40(7,8)42;2*1-4-7(5-2)6-3/h16,20-21,23-24,27-30,35-36H,13-15,17-19,42H2,1-12H3,(H,52,64)(H,53,65)(H,43,45,46)(H3,41,44,48,49);2*4-6H2,1-3H3/t23-,24-,27-,28-,29-,30-,35-,36-,62?,63?;;/m1../s1. The molecule has 29 heteroatoms. The number of hydrogen-bond donors (Lipinski definition) is 6. The number of nitrogens with two attached hydrogens (primary N) is 2. The highest BCUT2D eigenvalue weighted by Gasteiger charge is 2.56. The smallest absolute Gasteiger partial charge is 0.226 e. The van der Waals surface area contributed by atoms with Crippen LogP contribution in [0.25, 0.3) is 22.2 Å². The molecule has 8 N–H and O–H groups in total. The highest BCUT2D eigenvalue weighted by Crippen LogP contribution is 2.56. The fourth-order valence-electron chi connectivity index (χ4n) is 9.54. The molecule has 0 aromatic carbocycles. The minimum atomic E-state index is -4.51. The third-order valence-electron chi connectivity index (χ3n) is 16.6. The van der Waals surface area contributed by atoms with Crippen LogP contribution >= 0.6 is 13.5 Å². The number of nitrogens with one attached hydrogen (secondary N) is 4. The van der Waals surface area contributed by atoms with Crippen molar-refractivity contribution in [1.82, 2.24) is 34.1 Å². The predicted molar refractivity (Wildman–Crippen MR) is 329 cm³/mol. The summed E-state index contributed by atoms with van der Waals surface area (Å²) in [5.41, 5.74) is 14.2. The van der Waals surface area contributed by atoms with Gasteiger partial charge >= 0.3 is 0 Å². The average Bonchev–Trinajstić information content (AvgIpc) is 4.14. The van der Waals surface area contributed by atoms with E-state index in [1.54, 1.807) is 14.4 Å². The van der Waals surface area contributed by atoms with E-state index in [1.165, 1.54) is 51.9 Å². The molecule has 4 aromatic heterocycles. The van der Waals surface area contributed by atoms with Gasteiger partial charge in [0.2, 0.25) is 12.7 Å². The van der Waals surface area contributed by atoms with Crippen LogP contribution in [0.2, 0.25) is 36.3 Å². The van der Waals surface area contributed by atoms with Crippen molar-refractivity contribution in [3.63, 3.8) is 0 Å². The Bertz CT molecular complexity index is 2790. The van der Waals surface area contributed by atoms with E-state index in [0.29, 0.717) is 18.0 Å². The van der Waals surface area contributed by atoms with E-state index < -0.39 is 98.0 Å². The quantitative estimate of drug-likeness (QED) is 0.0462. The number of nitrogen functional groups attached to an aromatic ring is 1. The molecule has 0 saturated carbocycles. The van der Waals surface area contributed by atoms with Crippen LogP contribution < -0.4 is 36.8 Å². The van der Waals surface area contributed by atoms with E-state index in [9.17, 15) is 9.46 Å². The van der Waals surface area contributed by atoms with Gasteiger partial charge in [0.05, 0.1) is 64.2 Å². The van der Waals surface area contributed by atoms with Crippen LogP contribution in [0.15, 0.2) is 18.9 Å². The van der Waals surface area contributed by atoms with Crippen LogP contribution in [-0.2, 0) is 71.5 Å². The number of nitrogens with zero attached hydrogens (tertiary/aromatic N) is 7. The lowest BCUT2D eigenvalue weighted by Gasteiger charge is -2.42. The molecule has 4 aliphatic heterocycles. The van der Waals surface area contributed by atoms with Crippen molar-refractivity contribution < 1.29 is 55.7 Å². The third kappa shape index (κ3) is 16.6. The fourth-order valence-corrected chi connectivity index (χ4v) is 15.0. The second-order valence-corrected chi connectivity index (χ2v) is 40.1. The molecule has 460 valence electrons. The minimum absolute atomic E-state index is 0.0891. The van der Waals surface area contributed by atoms with Crippen LogP contribution in [0.5, 0.6) is 0 Å². The first-order valence-corrected chi connectivity index (χ1v) is 39.8. The number of fused-ring (bicyclic) bond motifs is 4. The molecule has 23 nitrogen and oxygen atoms in total. The van der Waals surface area contributed by atoms with Gasteiger partial charge in [-0.15, -0.1) is 0 Å². The number of quaternary nitrogens is 2. The number of aryl methyl sites for hydroxylation is 1. The first kappa shape index (κ1) is 67.9. The Balaban J connectivity index is 0.000000669. The van der Waals surface area contributed by atoms with Gasteiger partial charge in [0, 0.05) is 24.8 Å². The molecule has 2 bridgehead atoms. The second kappa shape index (κ2) is 27.2. The summed E-state index contributed by atoms with van der Waals surface area (Å²) in [6, 6.07) is 0. The van der Waals surface area contributed by atoms with Crippen molar-refractivity contribution >= 4 is 94.0 Å². The molecule has 0 spiro atoms. The first-order valence-electron chi connectivity index (χ1n) is 28.9. The summed E-state index contributed by atoms with van der Waals surface area (Å²) in [7, 11) is -5.38. The zero-order chi connectivity index (χ0) is 60.3. The lowest BCUT2D eigenvalue weighted by atomic mass is 10.1. The maximum atomic E-state index is 14.8. The van der Waals surface area contributed by atoms with Crippen molar-refractivity contribution in [2.24, 2.45) is 5.73 Å². The van der Waals surface area contributed by atoms with Gasteiger partial charge in [-0.05, 0) is 110 Å². The van der Waals surface area contributed by atoms with E-state index in [2.05, 4.69) is 135 Å². The molecule has 8 heterocycles. The minimum Gasteiger partial charge on any atom is -0.780 e. The van der Waals surface area contributed by atoms with E-state index in [1.807, 2.05) is 24.6 Å². The zero-order valence-corrected chi connectivity index (χ0v) is 56.8. The zero-order valence-electron chi connectivity index (χ0n) is 51.4. The molecule has 8 rings (SSSR count). The van der Waals surface area contributed by atoms with Crippen molar-refractivity contribution in [2.45, 2.75) is 201 Å². The van der Waals surface area contributed by atoms with Gasteiger partial charge in [0.25, 0.3) is 0 Å². The summed E-state index contributed by atoms with van der Waals surface area (Å²) in [4.78, 5) is 41.0. The van der Waals surface area contributed by atoms with Crippen molar-refractivity contribution in [3.05, 3.63) is 24.4 Å². The molecule has 0 radical (unpaired) electrons. The monoisotopic (exact) mass is 1250 g/mol. The number of imidazole rings is 1. The van der Waals surface area contributed by atoms with Gasteiger partial charge in [-0.25, -0.2) is 15.0 Å². The molecular weight excluding hydrogens is 1150 g/mol. The highest BCUT2D eigenvalue weighted by molar-refractivity contribution is 8.32. The summed E-state index contributed by atoms with van der Waals surface area (Å²) in [6.07, 6.45) is -2.01. The van der Waals surface area contributed by atoms with E-state index >= 15 is 0 Å². The number of rotatable bonds is 15. The Labute approximate surface area is 493 Å². The summed E-state index contributed by atoms with van der Waals surface area (Å²) in [5, 5.41) is 6.82. The Morgan fingerprint density at radius 1 is 0.802 bits per heavy atom. The average molecular weight is 1250 g/mol. The van der Waals surface area contributed by atoms with Gasteiger partial charge in [0.1, 0.15) is 66.7 Å². The van der Waals surface area contributed by atoms with E-state index in [-0.39, 0.29) is 33.0 Å². The first-order chi connectivity index (χ1) is 37.6. The molecule has 0 aliphatic carbocycles. The predicted octanol–water partition coefficient (Wildman–Crippen LogP) is 5.86. The second-order valence-electron chi connectivity index (χ2n) is 25.2. The number of hydrogen-bond acceptors (Lipinski definition) is 21. The summed E-state index contributed by atoms with van der Waals surface area (Å²) < 4.78 is 71.4. The van der Waals surface area contributed by atoms with Crippen molar-refractivity contribution in [3.8, 4) is 0 Å². The maximum Gasteiger partial charge on any atom is 0.226 e. The Hall–Kier alpha value is -2.25. The SMILES string of the molecule is CC(C)(N)CNc1nc(N)c2ncn([C@@H]3O[C@@H]4COP([O-])(=S)O[C@H]5[C@@H](O[Si](C)(C)C(C)(C)C)[C@H](n6cc7c8c(ncnc86)NCCC7)O[C@@H]5COP(=O)([S-])O[C@@H]3[C@@H]4O[Si](C)(C)C(C)(C)C)c2n1.CC[NH+](CC)CC.CC[NH+](CC)CC. The third-order valence-corrected chi connectivity index (χ3v) is 28.7. The fraction of sp³-hybridized carbons (Fsp3) is 0.788. The van der Waals surface area contributed by atoms with Gasteiger partial charge in [-0.1, -0.05) is 53.3 Å². The Morgan fingerprint density at radius 2 is 1.37 bits per heavy atom. The highest BCUT2D eigenvalue weighted by atomic mass is 32.7. The molecular formula is C52H97N13O10P2S2Si2. The molecule has 3 saturated heterocycles. The normalized spacial score (nSPS) is 27.8. The largest absolute Gasteiger partial charge is 0.780 e. The Morgan fingerprint density at radius 3 is 1.93 bits per heavy atom. The van der Waals surface area contributed by atoms with Gasteiger partial charge in [-0.2, -0.15) is 9.97 Å². The van der Waals surface area contributed by atoms with Gasteiger partial charge in [-0.3, -0.25) is 9.13 Å². The van der Waals surface area contributed by atoms with Crippen LogP contribution in [0.1, 0.15) is 121 Å². The summed E-state index contributed by atoms with van der Waals surface area (Å²) >= 11 is 11.5. The maximum absolute atomic E-state index is 14.8. The summed E-state index contributed by atoms with van der Waals surface area (Å²) in [6.45, 7) is 36.8. The molecule has 4 aliphatic rings. The topological polar surface area (TPSA) is 273 Å². The van der Waals surface area contributed by atoms with Crippen LogP contribution in [0.4, 0.5) is 17.6 Å². The van der Waals surface area contributed by atoms with E-state index in [4.69, 9.17) is 81.9 Å². The van der Waals surface area contributed by atoms with Crippen LogP contribution in [0.3, 0.4) is 0 Å². The molecule has 2 unspecified atom stereocenters.